The Hall–Kier alpha value is -1.41. The molecule has 2 aliphatic rings. The highest BCUT2D eigenvalue weighted by Crippen LogP contribution is 2.24. The average Bonchev–Trinajstić information content (AvgIpc) is 2.62. The van der Waals surface area contributed by atoms with Gasteiger partial charge in [0, 0.05) is 38.8 Å². The Morgan fingerprint density at radius 2 is 1.72 bits per heavy atom. The molecule has 2 saturated heterocycles. The van der Waals surface area contributed by atoms with Crippen LogP contribution in [0.4, 0.5) is 11.6 Å². The van der Waals surface area contributed by atoms with Crippen molar-refractivity contribution in [3.05, 3.63) is 12.1 Å². The quantitative estimate of drug-likeness (QED) is 0.789. The fourth-order valence-electron chi connectivity index (χ4n) is 3.66. The number of hydrogen-bond acceptors (Lipinski definition) is 6. The topological polar surface area (TPSA) is 69.6 Å². The molecule has 0 N–H and O–H groups in total. The monoisotopic (exact) mass is 367 g/mol. The predicted octanol–water partition coefficient (Wildman–Crippen LogP) is 1.72. The summed E-state index contributed by atoms with van der Waals surface area (Å²) in [4.78, 5) is 4.45. The summed E-state index contributed by atoms with van der Waals surface area (Å²) in [5.74, 6) is 2.01. The van der Waals surface area contributed by atoms with Crippen molar-refractivity contribution in [1.82, 2.24) is 14.5 Å². The molecule has 0 spiro atoms. The Balaban J connectivity index is 1.60. The molecule has 0 saturated carbocycles. The molecule has 1 aromatic heterocycles. The second-order valence-corrected chi connectivity index (χ2v) is 9.08. The van der Waals surface area contributed by atoms with E-state index in [-0.39, 0.29) is 5.75 Å². The van der Waals surface area contributed by atoms with Crippen molar-refractivity contribution in [3.63, 3.8) is 0 Å². The van der Waals surface area contributed by atoms with Crippen LogP contribution in [0, 0.1) is 0 Å². The first-order chi connectivity index (χ1) is 12.0. The summed E-state index contributed by atoms with van der Waals surface area (Å²) in [5.41, 5.74) is 0. The Kier molecular flexibility index (Phi) is 5.78. The SMILES string of the molecule is CCCS(=O)(=O)N1CCN(c2ccc(N3CCCCC3C)nn2)CC1. The molecule has 8 heteroatoms. The molecular formula is C17H29N5O2S. The molecule has 2 fully saturated rings. The van der Waals surface area contributed by atoms with Crippen molar-refractivity contribution < 1.29 is 8.42 Å². The molecule has 1 aromatic rings. The lowest BCUT2D eigenvalue weighted by atomic mass is 10.0. The van der Waals surface area contributed by atoms with E-state index in [1.165, 1.54) is 19.3 Å². The first kappa shape index (κ1) is 18.4. The van der Waals surface area contributed by atoms with Gasteiger partial charge in [-0.05, 0) is 44.7 Å². The van der Waals surface area contributed by atoms with Crippen LogP contribution in [0.1, 0.15) is 39.5 Å². The van der Waals surface area contributed by atoms with Gasteiger partial charge in [-0.2, -0.15) is 4.31 Å². The summed E-state index contributed by atoms with van der Waals surface area (Å²) in [5, 5.41) is 8.83. The summed E-state index contributed by atoms with van der Waals surface area (Å²) in [7, 11) is -3.10. The molecule has 7 nitrogen and oxygen atoms in total. The highest BCUT2D eigenvalue weighted by Gasteiger charge is 2.27. The first-order valence-corrected chi connectivity index (χ1v) is 11.0. The highest BCUT2D eigenvalue weighted by atomic mass is 32.2. The van der Waals surface area contributed by atoms with E-state index in [2.05, 4.69) is 26.9 Å². The van der Waals surface area contributed by atoms with Gasteiger partial charge in [0.1, 0.15) is 0 Å². The molecule has 1 atom stereocenters. The maximum atomic E-state index is 12.2. The van der Waals surface area contributed by atoms with Gasteiger partial charge >= 0.3 is 0 Å². The Morgan fingerprint density at radius 3 is 2.32 bits per heavy atom. The van der Waals surface area contributed by atoms with Crippen LogP contribution in [0.2, 0.25) is 0 Å². The Bertz CT molecular complexity index is 656. The van der Waals surface area contributed by atoms with Crippen LogP contribution in [0.15, 0.2) is 12.1 Å². The van der Waals surface area contributed by atoms with E-state index in [1.54, 1.807) is 4.31 Å². The normalized spacial score (nSPS) is 23.0. The third-order valence-corrected chi connectivity index (χ3v) is 7.23. The Labute approximate surface area is 151 Å². The van der Waals surface area contributed by atoms with Gasteiger partial charge in [0.05, 0.1) is 5.75 Å². The van der Waals surface area contributed by atoms with Crippen LogP contribution < -0.4 is 9.80 Å². The van der Waals surface area contributed by atoms with Gasteiger partial charge in [-0.3, -0.25) is 0 Å². The number of rotatable bonds is 5. The molecular weight excluding hydrogens is 338 g/mol. The van der Waals surface area contributed by atoms with Crippen molar-refractivity contribution >= 4 is 21.7 Å². The van der Waals surface area contributed by atoms with E-state index < -0.39 is 10.0 Å². The minimum absolute atomic E-state index is 0.232. The van der Waals surface area contributed by atoms with Crippen molar-refractivity contribution in [3.8, 4) is 0 Å². The molecule has 0 aromatic carbocycles. The van der Waals surface area contributed by atoms with Gasteiger partial charge in [-0.15, -0.1) is 10.2 Å². The number of anilines is 2. The number of nitrogens with zero attached hydrogens (tertiary/aromatic N) is 5. The lowest BCUT2D eigenvalue weighted by Crippen LogP contribution is -2.49. The van der Waals surface area contributed by atoms with Crippen LogP contribution in [0.3, 0.4) is 0 Å². The van der Waals surface area contributed by atoms with E-state index in [1.807, 2.05) is 19.1 Å². The van der Waals surface area contributed by atoms with Gasteiger partial charge < -0.3 is 9.80 Å². The smallest absolute Gasteiger partial charge is 0.214 e. The van der Waals surface area contributed by atoms with Crippen LogP contribution in [-0.2, 0) is 10.0 Å². The van der Waals surface area contributed by atoms with Crippen LogP contribution >= 0.6 is 0 Å². The fourth-order valence-corrected chi connectivity index (χ4v) is 5.15. The molecule has 0 amide bonds. The summed E-state index contributed by atoms with van der Waals surface area (Å²) in [6.45, 7) is 7.56. The summed E-state index contributed by atoms with van der Waals surface area (Å²) in [6.07, 6.45) is 4.36. The number of aromatic nitrogens is 2. The average molecular weight is 368 g/mol. The summed E-state index contributed by atoms with van der Waals surface area (Å²) >= 11 is 0. The number of piperazine rings is 1. The van der Waals surface area contributed by atoms with Crippen molar-refractivity contribution in [2.45, 2.75) is 45.6 Å². The summed E-state index contributed by atoms with van der Waals surface area (Å²) < 4.78 is 25.9. The third-order valence-electron chi connectivity index (χ3n) is 5.15. The third kappa shape index (κ3) is 4.23. The molecule has 2 aliphatic heterocycles. The fraction of sp³-hybridized carbons (Fsp3) is 0.765. The number of piperidine rings is 1. The minimum Gasteiger partial charge on any atom is -0.352 e. The molecule has 0 radical (unpaired) electrons. The number of hydrogen-bond donors (Lipinski definition) is 0. The maximum absolute atomic E-state index is 12.2. The molecule has 140 valence electrons. The van der Waals surface area contributed by atoms with Crippen molar-refractivity contribution in [1.29, 1.82) is 0 Å². The zero-order valence-electron chi connectivity index (χ0n) is 15.3. The van der Waals surface area contributed by atoms with Gasteiger partial charge in [0.15, 0.2) is 11.6 Å². The van der Waals surface area contributed by atoms with E-state index in [9.17, 15) is 8.42 Å². The molecule has 0 bridgehead atoms. The van der Waals surface area contributed by atoms with Crippen LogP contribution in [-0.4, -0.2) is 67.4 Å². The standard InChI is InChI=1S/C17H29N5O2S/c1-3-14-25(23,24)21-12-10-20(11-13-21)16-7-8-17(19-18-16)22-9-5-4-6-15(22)2/h7-8,15H,3-6,9-14H2,1-2H3. The second kappa shape index (κ2) is 7.86. The van der Waals surface area contributed by atoms with E-state index in [4.69, 9.17) is 0 Å². The van der Waals surface area contributed by atoms with Gasteiger partial charge in [-0.25, -0.2) is 8.42 Å². The van der Waals surface area contributed by atoms with Crippen molar-refractivity contribution in [2.75, 3.05) is 48.3 Å². The molecule has 25 heavy (non-hydrogen) atoms. The van der Waals surface area contributed by atoms with Gasteiger partial charge in [0.2, 0.25) is 10.0 Å². The Morgan fingerprint density at radius 1 is 1.04 bits per heavy atom. The van der Waals surface area contributed by atoms with E-state index >= 15 is 0 Å². The van der Waals surface area contributed by atoms with E-state index in [0.717, 1.165) is 18.2 Å². The number of sulfonamides is 1. The molecule has 0 aliphatic carbocycles. The van der Waals surface area contributed by atoms with E-state index in [0.29, 0.717) is 38.6 Å². The van der Waals surface area contributed by atoms with Gasteiger partial charge in [0.25, 0.3) is 0 Å². The zero-order valence-corrected chi connectivity index (χ0v) is 16.1. The van der Waals surface area contributed by atoms with Crippen molar-refractivity contribution in [2.24, 2.45) is 0 Å². The minimum atomic E-state index is -3.10. The first-order valence-electron chi connectivity index (χ1n) is 9.34. The zero-order chi connectivity index (χ0) is 17.9. The molecule has 1 unspecified atom stereocenters. The predicted molar refractivity (Wildman–Crippen MR) is 101 cm³/mol. The second-order valence-electron chi connectivity index (χ2n) is 6.99. The summed E-state index contributed by atoms with van der Waals surface area (Å²) in [6, 6.07) is 4.57. The largest absolute Gasteiger partial charge is 0.352 e. The van der Waals surface area contributed by atoms with Crippen LogP contribution in [0.25, 0.3) is 0 Å². The van der Waals surface area contributed by atoms with Gasteiger partial charge in [-0.1, -0.05) is 6.92 Å². The maximum Gasteiger partial charge on any atom is 0.214 e. The lowest BCUT2D eigenvalue weighted by molar-refractivity contribution is 0.383. The highest BCUT2D eigenvalue weighted by molar-refractivity contribution is 7.89. The molecule has 3 rings (SSSR count). The lowest BCUT2D eigenvalue weighted by Gasteiger charge is -2.35. The van der Waals surface area contributed by atoms with Crippen LogP contribution in [0.5, 0.6) is 0 Å². The molecule has 3 heterocycles.